The quantitative estimate of drug-likeness (QED) is 0.727. The number of nitrogens with two attached hydrogens (primary N) is 1. The van der Waals surface area contributed by atoms with E-state index in [9.17, 15) is 9.90 Å². The summed E-state index contributed by atoms with van der Waals surface area (Å²) >= 11 is 0. The highest BCUT2D eigenvalue weighted by molar-refractivity contribution is 5.93. The minimum atomic E-state index is -0.571. The molecule has 0 aliphatic rings. The van der Waals surface area contributed by atoms with Crippen molar-refractivity contribution in [3.8, 4) is 11.5 Å². The Balaban J connectivity index is 2.98. The Morgan fingerprint density at radius 3 is 2.77 bits per heavy atom. The molecule has 0 unspecified atom stereocenters. The monoisotopic (exact) mass is 181 g/mol. The Labute approximate surface area is 75.9 Å². The lowest BCUT2D eigenvalue weighted by atomic mass is 10.2. The number of phenolic OH excluding ortho intramolecular Hbond substituents is 1. The van der Waals surface area contributed by atoms with Gasteiger partial charge in [0.25, 0.3) is 0 Å². The van der Waals surface area contributed by atoms with Crippen LogP contribution in [0.25, 0.3) is 0 Å². The Bertz CT molecular complexity index is 323. The van der Waals surface area contributed by atoms with Crippen LogP contribution in [0.5, 0.6) is 11.5 Å². The summed E-state index contributed by atoms with van der Waals surface area (Å²) in [6.45, 7) is 2.27. The number of benzene rings is 1. The predicted molar refractivity (Wildman–Crippen MR) is 47.8 cm³/mol. The normalized spacial score (nSPS) is 9.62. The summed E-state index contributed by atoms with van der Waals surface area (Å²) in [6, 6.07) is 4.30. The zero-order chi connectivity index (χ0) is 9.84. The van der Waals surface area contributed by atoms with Crippen molar-refractivity contribution in [1.82, 2.24) is 0 Å². The molecule has 0 saturated heterocycles. The van der Waals surface area contributed by atoms with E-state index in [1.165, 1.54) is 18.2 Å². The Hall–Kier alpha value is -1.71. The van der Waals surface area contributed by atoms with Gasteiger partial charge in [0.15, 0.2) is 11.5 Å². The summed E-state index contributed by atoms with van der Waals surface area (Å²) in [7, 11) is 0. The highest BCUT2D eigenvalue weighted by Gasteiger charge is 2.05. The number of carbonyl (C=O) groups excluding carboxylic acids is 1. The first-order valence-electron chi connectivity index (χ1n) is 3.90. The average molecular weight is 181 g/mol. The van der Waals surface area contributed by atoms with Crippen LogP contribution in [0.3, 0.4) is 0 Å². The minimum Gasteiger partial charge on any atom is -0.504 e. The number of amides is 1. The summed E-state index contributed by atoms with van der Waals surface area (Å²) < 4.78 is 5.07. The van der Waals surface area contributed by atoms with Gasteiger partial charge in [0.05, 0.1) is 6.61 Å². The van der Waals surface area contributed by atoms with E-state index in [0.717, 1.165) is 0 Å². The maximum atomic E-state index is 10.7. The molecule has 0 aliphatic heterocycles. The highest BCUT2D eigenvalue weighted by atomic mass is 16.5. The Morgan fingerprint density at radius 1 is 1.62 bits per heavy atom. The molecule has 0 aliphatic carbocycles. The third kappa shape index (κ3) is 2.11. The van der Waals surface area contributed by atoms with Gasteiger partial charge < -0.3 is 15.6 Å². The molecular formula is C9H11NO3. The third-order valence-electron chi connectivity index (χ3n) is 1.54. The highest BCUT2D eigenvalue weighted by Crippen LogP contribution is 2.26. The fourth-order valence-electron chi connectivity index (χ4n) is 0.948. The van der Waals surface area contributed by atoms with Crippen molar-refractivity contribution < 1.29 is 14.6 Å². The molecule has 1 rings (SSSR count). The molecule has 0 fully saturated rings. The lowest BCUT2D eigenvalue weighted by molar-refractivity contribution is 0.1000. The SMILES string of the molecule is CCOc1ccc(C(N)=O)cc1O. The van der Waals surface area contributed by atoms with Gasteiger partial charge in [0, 0.05) is 5.56 Å². The second-order valence-electron chi connectivity index (χ2n) is 2.48. The van der Waals surface area contributed by atoms with Crippen molar-refractivity contribution in [1.29, 1.82) is 0 Å². The maximum absolute atomic E-state index is 10.7. The molecule has 0 aromatic heterocycles. The molecule has 0 bridgehead atoms. The van der Waals surface area contributed by atoms with Crippen molar-refractivity contribution in [2.24, 2.45) is 5.73 Å². The smallest absolute Gasteiger partial charge is 0.248 e. The molecule has 70 valence electrons. The lowest BCUT2D eigenvalue weighted by Gasteiger charge is -2.05. The number of primary amides is 1. The van der Waals surface area contributed by atoms with Crippen molar-refractivity contribution in [3.05, 3.63) is 23.8 Å². The number of phenols is 1. The number of carbonyl (C=O) groups is 1. The molecule has 0 heterocycles. The lowest BCUT2D eigenvalue weighted by Crippen LogP contribution is -2.10. The van der Waals surface area contributed by atoms with Crippen molar-refractivity contribution in [3.63, 3.8) is 0 Å². The van der Waals surface area contributed by atoms with Gasteiger partial charge in [-0.15, -0.1) is 0 Å². The van der Waals surface area contributed by atoms with E-state index in [0.29, 0.717) is 12.4 Å². The zero-order valence-corrected chi connectivity index (χ0v) is 7.28. The second-order valence-corrected chi connectivity index (χ2v) is 2.48. The van der Waals surface area contributed by atoms with Gasteiger partial charge in [0.2, 0.25) is 5.91 Å². The van der Waals surface area contributed by atoms with Crippen LogP contribution in [-0.4, -0.2) is 17.6 Å². The largest absolute Gasteiger partial charge is 0.504 e. The first-order chi connectivity index (χ1) is 6.15. The van der Waals surface area contributed by atoms with Crippen LogP contribution >= 0.6 is 0 Å². The van der Waals surface area contributed by atoms with Crippen LogP contribution < -0.4 is 10.5 Å². The van der Waals surface area contributed by atoms with Crippen molar-refractivity contribution in [2.45, 2.75) is 6.92 Å². The van der Waals surface area contributed by atoms with Gasteiger partial charge in [-0.05, 0) is 25.1 Å². The zero-order valence-electron chi connectivity index (χ0n) is 7.28. The van der Waals surface area contributed by atoms with Crippen LogP contribution in [0, 0.1) is 0 Å². The fraction of sp³-hybridized carbons (Fsp3) is 0.222. The van der Waals surface area contributed by atoms with Gasteiger partial charge in [-0.25, -0.2) is 0 Å². The molecular weight excluding hydrogens is 170 g/mol. The van der Waals surface area contributed by atoms with E-state index in [-0.39, 0.29) is 11.3 Å². The molecule has 4 heteroatoms. The molecule has 1 aromatic rings. The number of aromatic hydroxyl groups is 1. The second kappa shape index (κ2) is 3.80. The molecule has 1 aromatic carbocycles. The van der Waals surface area contributed by atoms with E-state index in [1.54, 1.807) is 6.92 Å². The van der Waals surface area contributed by atoms with Crippen LogP contribution in [0.4, 0.5) is 0 Å². The van der Waals surface area contributed by atoms with Gasteiger partial charge in [-0.3, -0.25) is 4.79 Å². The standard InChI is InChI=1S/C9H11NO3/c1-2-13-8-4-3-6(9(10)12)5-7(8)11/h3-5,11H,2H2,1H3,(H2,10,12). The summed E-state index contributed by atoms with van der Waals surface area (Å²) in [5.41, 5.74) is 5.28. The fourth-order valence-corrected chi connectivity index (χ4v) is 0.948. The molecule has 13 heavy (non-hydrogen) atoms. The van der Waals surface area contributed by atoms with Crippen LogP contribution in [0.2, 0.25) is 0 Å². The van der Waals surface area contributed by atoms with Crippen LogP contribution in [0.15, 0.2) is 18.2 Å². The number of rotatable bonds is 3. The molecule has 3 N–H and O–H groups in total. The van der Waals surface area contributed by atoms with Gasteiger partial charge in [0.1, 0.15) is 0 Å². The minimum absolute atomic E-state index is 0.0712. The van der Waals surface area contributed by atoms with Crippen molar-refractivity contribution >= 4 is 5.91 Å². The van der Waals surface area contributed by atoms with E-state index >= 15 is 0 Å². The molecule has 0 saturated carbocycles. The molecule has 1 amide bonds. The van der Waals surface area contributed by atoms with E-state index in [4.69, 9.17) is 10.5 Å². The Kier molecular flexibility index (Phi) is 2.74. The van der Waals surface area contributed by atoms with Gasteiger partial charge >= 0.3 is 0 Å². The number of hydrogen-bond acceptors (Lipinski definition) is 3. The topological polar surface area (TPSA) is 72.5 Å². The molecule has 0 radical (unpaired) electrons. The van der Waals surface area contributed by atoms with E-state index < -0.39 is 5.91 Å². The average Bonchev–Trinajstić information content (AvgIpc) is 2.08. The van der Waals surface area contributed by atoms with Gasteiger partial charge in [-0.1, -0.05) is 0 Å². The molecule has 4 nitrogen and oxygen atoms in total. The first kappa shape index (κ1) is 9.38. The number of hydrogen-bond donors (Lipinski definition) is 2. The van der Waals surface area contributed by atoms with Crippen molar-refractivity contribution in [2.75, 3.05) is 6.61 Å². The third-order valence-corrected chi connectivity index (χ3v) is 1.54. The summed E-state index contributed by atoms with van der Waals surface area (Å²) in [4.78, 5) is 10.7. The maximum Gasteiger partial charge on any atom is 0.248 e. The molecule has 0 atom stereocenters. The number of ether oxygens (including phenoxy) is 1. The van der Waals surface area contributed by atoms with E-state index in [2.05, 4.69) is 0 Å². The van der Waals surface area contributed by atoms with Crippen LogP contribution in [-0.2, 0) is 0 Å². The van der Waals surface area contributed by atoms with E-state index in [1.807, 2.05) is 0 Å². The Morgan fingerprint density at radius 2 is 2.31 bits per heavy atom. The first-order valence-corrected chi connectivity index (χ1v) is 3.90. The summed E-state index contributed by atoms with van der Waals surface area (Å²) in [6.07, 6.45) is 0. The predicted octanol–water partition coefficient (Wildman–Crippen LogP) is 0.890. The summed E-state index contributed by atoms with van der Waals surface area (Å²) in [5, 5.41) is 9.34. The summed E-state index contributed by atoms with van der Waals surface area (Å²) in [5.74, 6) is -0.288. The van der Waals surface area contributed by atoms with Gasteiger partial charge in [-0.2, -0.15) is 0 Å². The van der Waals surface area contributed by atoms with Crippen LogP contribution in [0.1, 0.15) is 17.3 Å². The molecule has 0 spiro atoms.